The first kappa shape index (κ1) is 19.2. The summed E-state index contributed by atoms with van der Waals surface area (Å²) in [5.74, 6) is 0.477. The van der Waals surface area contributed by atoms with Crippen LogP contribution in [0.3, 0.4) is 0 Å². The molecular weight excluding hydrogens is 362 g/mol. The van der Waals surface area contributed by atoms with Crippen LogP contribution in [0.4, 0.5) is 11.4 Å². The molecule has 9 nitrogen and oxygen atoms in total. The molecule has 0 bridgehead atoms. The van der Waals surface area contributed by atoms with Crippen LogP contribution in [0.25, 0.3) is 11.4 Å². The van der Waals surface area contributed by atoms with Crippen molar-refractivity contribution in [3.63, 3.8) is 0 Å². The van der Waals surface area contributed by atoms with Crippen LogP contribution in [0.2, 0.25) is 0 Å². The molecular formula is C19H19N5O4. The minimum Gasteiger partial charge on any atom is -0.368 e. The van der Waals surface area contributed by atoms with Crippen LogP contribution in [0.5, 0.6) is 0 Å². The lowest BCUT2D eigenvalue weighted by atomic mass is 10.0. The van der Waals surface area contributed by atoms with E-state index < -0.39 is 11.0 Å². The predicted octanol–water partition coefficient (Wildman–Crippen LogP) is 4.05. The van der Waals surface area contributed by atoms with E-state index in [0.717, 1.165) is 5.56 Å². The van der Waals surface area contributed by atoms with E-state index in [1.54, 1.807) is 30.6 Å². The Morgan fingerprint density at radius 2 is 1.93 bits per heavy atom. The van der Waals surface area contributed by atoms with Gasteiger partial charge in [-0.3, -0.25) is 19.9 Å². The van der Waals surface area contributed by atoms with Crippen LogP contribution in [-0.2, 0) is 0 Å². The first-order valence-electron chi connectivity index (χ1n) is 8.66. The van der Waals surface area contributed by atoms with Gasteiger partial charge in [0.1, 0.15) is 11.7 Å². The van der Waals surface area contributed by atoms with E-state index in [2.05, 4.69) is 20.4 Å². The van der Waals surface area contributed by atoms with Crippen molar-refractivity contribution in [3.05, 3.63) is 64.3 Å². The topological polar surface area (TPSA) is 124 Å². The third kappa shape index (κ3) is 4.03. The number of pyridine rings is 1. The van der Waals surface area contributed by atoms with Crippen LogP contribution in [-0.4, -0.2) is 25.8 Å². The van der Waals surface area contributed by atoms with Gasteiger partial charge in [0.25, 0.3) is 5.69 Å². The predicted molar refractivity (Wildman–Crippen MR) is 102 cm³/mol. The van der Waals surface area contributed by atoms with Gasteiger partial charge in [0.05, 0.1) is 4.92 Å². The Morgan fingerprint density at radius 1 is 1.21 bits per heavy atom. The van der Waals surface area contributed by atoms with Gasteiger partial charge in [0.15, 0.2) is 5.78 Å². The second kappa shape index (κ2) is 7.95. The Hall–Kier alpha value is -3.62. The maximum Gasteiger partial charge on any atom is 0.293 e. The minimum atomic E-state index is -0.525. The number of benzene rings is 1. The summed E-state index contributed by atoms with van der Waals surface area (Å²) >= 11 is 0. The standard InChI is InChI=1S/C19H19N5O4/c1-11(2)17(19-22-18(23-28-19)13-6-8-20-9-7-13)21-15-5-4-14(12(3)25)10-16(15)24(26)27/h4-11,17,21H,1-3H3. The fourth-order valence-corrected chi connectivity index (χ4v) is 2.68. The lowest BCUT2D eigenvalue weighted by Crippen LogP contribution is -2.18. The molecule has 0 aliphatic rings. The highest BCUT2D eigenvalue weighted by Crippen LogP contribution is 2.32. The number of hydrogen-bond donors (Lipinski definition) is 1. The van der Waals surface area contributed by atoms with Gasteiger partial charge in [-0.1, -0.05) is 19.0 Å². The van der Waals surface area contributed by atoms with Crippen molar-refractivity contribution in [1.29, 1.82) is 0 Å². The molecule has 28 heavy (non-hydrogen) atoms. The number of aromatic nitrogens is 3. The fourth-order valence-electron chi connectivity index (χ4n) is 2.68. The zero-order chi connectivity index (χ0) is 20.3. The number of carbonyl (C=O) groups excluding carboxylic acids is 1. The number of anilines is 1. The van der Waals surface area contributed by atoms with E-state index in [-0.39, 0.29) is 28.6 Å². The molecule has 2 aromatic heterocycles. The molecule has 1 unspecified atom stereocenters. The lowest BCUT2D eigenvalue weighted by Gasteiger charge is -2.19. The Kier molecular flexibility index (Phi) is 5.44. The van der Waals surface area contributed by atoms with Crippen molar-refractivity contribution in [1.82, 2.24) is 15.1 Å². The molecule has 1 atom stereocenters. The molecule has 0 amide bonds. The van der Waals surface area contributed by atoms with Crippen molar-refractivity contribution in [3.8, 4) is 11.4 Å². The normalized spacial score (nSPS) is 12.0. The molecule has 1 N–H and O–H groups in total. The summed E-state index contributed by atoms with van der Waals surface area (Å²) in [6.07, 6.45) is 3.26. The van der Waals surface area contributed by atoms with Crippen molar-refractivity contribution < 1.29 is 14.2 Å². The maximum absolute atomic E-state index is 11.5. The quantitative estimate of drug-likeness (QED) is 0.369. The van der Waals surface area contributed by atoms with Crippen LogP contribution in [0.15, 0.2) is 47.2 Å². The molecule has 144 valence electrons. The maximum atomic E-state index is 11.5. The Bertz CT molecular complexity index is 1000. The van der Waals surface area contributed by atoms with Gasteiger partial charge in [-0.2, -0.15) is 4.98 Å². The van der Waals surface area contributed by atoms with E-state index >= 15 is 0 Å². The molecule has 0 radical (unpaired) electrons. The summed E-state index contributed by atoms with van der Waals surface area (Å²) < 4.78 is 5.41. The molecule has 0 saturated heterocycles. The van der Waals surface area contributed by atoms with E-state index in [1.165, 1.54) is 19.1 Å². The second-order valence-electron chi connectivity index (χ2n) is 6.60. The number of rotatable bonds is 7. The fraction of sp³-hybridized carbons (Fsp3) is 0.263. The van der Waals surface area contributed by atoms with Gasteiger partial charge in [-0.15, -0.1) is 0 Å². The molecule has 1 aromatic carbocycles. The number of ketones is 1. The summed E-state index contributed by atoms with van der Waals surface area (Å²) in [7, 11) is 0. The number of nitrogens with zero attached hydrogens (tertiary/aromatic N) is 4. The molecule has 3 aromatic rings. The number of Topliss-reactive ketones (excluding diaryl/α,β-unsaturated/α-hetero) is 1. The zero-order valence-corrected chi connectivity index (χ0v) is 15.6. The van der Waals surface area contributed by atoms with Crippen molar-refractivity contribution in [2.45, 2.75) is 26.8 Å². The highest BCUT2D eigenvalue weighted by atomic mass is 16.6. The largest absolute Gasteiger partial charge is 0.368 e. The van der Waals surface area contributed by atoms with Crippen molar-refractivity contribution in [2.24, 2.45) is 5.92 Å². The van der Waals surface area contributed by atoms with Crippen molar-refractivity contribution >= 4 is 17.2 Å². The number of nitro benzene ring substituents is 1. The molecule has 0 aliphatic heterocycles. The summed E-state index contributed by atoms with van der Waals surface area (Å²) in [5, 5.41) is 18.6. The highest BCUT2D eigenvalue weighted by Gasteiger charge is 2.26. The van der Waals surface area contributed by atoms with Crippen molar-refractivity contribution in [2.75, 3.05) is 5.32 Å². The SMILES string of the molecule is CC(=O)c1ccc(NC(c2nc(-c3ccncc3)no2)C(C)C)c([N+](=O)[O-])c1. The van der Waals surface area contributed by atoms with Gasteiger partial charge >= 0.3 is 0 Å². The zero-order valence-electron chi connectivity index (χ0n) is 15.6. The van der Waals surface area contributed by atoms with Crippen LogP contribution in [0, 0.1) is 16.0 Å². The Morgan fingerprint density at radius 3 is 2.54 bits per heavy atom. The van der Waals surface area contributed by atoms with Gasteiger partial charge in [0, 0.05) is 29.6 Å². The summed E-state index contributed by atoms with van der Waals surface area (Å²) in [6, 6.07) is 7.40. The minimum absolute atomic E-state index is 0.00201. The van der Waals surface area contributed by atoms with Gasteiger partial charge in [-0.25, -0.2) is 0 Å². The average molecular weight is 381 g/mol. The van der Waals surface area contributed by atoms with E-state index in [9.17, 15) is 14.9 Å². The molecule has 9 heteroatoms. The summed E-state index contributed by atoms with van der Waals surface area (Å²) in [6.45, 7) is 5.23. The molecule has 2 heterocycles. The lowest BCUT2D eigenvalue weighted by molar-refractivity contribution is -0.384. The number of hydrogen-bond acceptors (Lipinski definition) is 8. The van der Waals surface area contributed by atoms with Crippen LogP contribution in [0.1, 0.15) is 43.1 Å². The van der Waals surface area contributed by atoms with E-state index in [4.69, 9.17) is 4.52 Å². The molecule has 0 aliphatic carbocycles. The van der Waals surface area contributed by atoms with Crippen LogP contribution < -0.4 is 5.32 Å². The highest BCUT2D eigenvalue weighted by molar-refractivity contribution is 5.95. The smallest absolute Gasteiger partial charge is 0.293 e. The first-order chi connectivity index (χ1) is 13.4. The number of nitro groups is 1. The molecule has 0 fully saturated rings. The Balaban J connectivity index is 1.94. The monoisotopic (exact) mass is 381 g/mol. The van der Waals surface area contributed by atoms with Gasteiger partial charge < -0.3 is 9.84 Å². The third-order valence-corrected chi connectivity index (χ3v) is 4.22. The average Bonchev–Trinajstić information content (AvgIpc) is 3.16. The Labute approximate surface area is 161 Å². The van der Waals surface area contributed by atoms with Gasteiger partial charge in [-0.05, 0) is 37.1 Å². The number of nitrogens with one attached hydrogen (secondary N) is 1. The third-order valence-electron chi connectivity index (χ3n) is 4.22. The van der Waals surface area contributed by atoms with Gasteiger partial charge in [0.2, 0.25) is 11.7 Å². The van der Waals surface area contributed by atoms with E-state index in [1.807, 2.05) is 13.8 Å². The number of carbonyl (C=O) groups is 1. The second-order valence-corrected chi connectivity index (χ2v) is 6.60. The van der Waals surface area contributed by atoms with E-state index in [0.29, 0.717) is 11.7 Å². The first-order valence-corrected chi connectivity index (χ1v) is 8.66. The summed E-state index contributed by atoms with van der Waals surface area (Å²) in [4.78, 5) is 30.9. The molecule has 0 saturated carbocycles. The molecule has 3 rings (SSSR count). The molecule has 0 spiro atoms. The summed E-state index contributed by atoms with van der Waals surface area (Å²) in [5.41, 5.74) is 1.12. The van der Waals surface area contributed by atoms with Crippen LogP contribution >= 0.6 is 0 Å².